The lowest BCUT2D eigenvalue weighted by atomic mass is 10.1. The highest BCUT2D eigenvalue weighted by atomic mass is 19.3. The van der Waals surface area contributed by atoms with Gasteiger partial charge in [-0.25, -0.2) is 13.8 Å². The molecule has 100 valence electrons. The number of hydrogen-bond acceptors (Lipinski definition) is 4. The molecule has 1 heterocycles. The van der Waals surface area contributed by atoms with Crippen LogP contribution in [0.15, 0.2) is 6.07 Å². The van der Waals surface area contributed by atoms with Crippen molar-refractivity contribution in [2.24, 2.45) is 5.73 Å². The Hall–Kier alpha value is -1.56. The second-order valence-electron chi connectivity index (χ2n) is 3.78. The Balaban J connectivity index is 3.09. The van der Waals surface area contributed by atoms with E-state index in [0.29, 0.717) is 11.3 Å². The van der Waals surface area contributed by atoms with Crippen molar-refractivity contribution < 1.29 is 18.3 Å². The second kappa shape index (κ2) is 6.39. The van der Waals surface area contributed by atoms with E-state index in [0.717, 1.165) is 0 Å². The second-order valence-corrected chi connectivity index (χ2v) is 3.78. The van der Waals surface area contributed by atoms with Crippen LogP contribution in [0, 0.1) is 6.92 Å². The molecule has 6 heteroatoms. The predicted octanol–water partition coefficient (Wildman–Crippen LogP) is 1.89. The van der Waals surface area contributed by atoms with E-state index in [2.05, 4.69) is 4.98 Å². The normalized spacial score (nSPS) is 10.8. The number of carbonyl (C=O) groups is 1. The highest BCUT2D eigenvalue weighted by Gasteiger charge is 2.19. The molecule has 0 aromatic carbocycles. The number of nitrogens with two attached hydrogens (primary N) is 1. The van der Waals surface area contributed by atoms with E-state index in [4.69, 9.17) is 10.5 Å². The van der Waals surface area contributed by atoms with E-state index in [1.165, 1.54) is 6.07 Å². The van der Waals surface area contributed by atoms with Crippen LogP contribution in [0.3, 0.4) is 0 Å². The Morgan fingerprint density at radius 3 is 2.72 bits per heavy atom. The van der Waals surface area contributed by atoms with Gasteiger partial charge in [-0.1, -0.05) is 6.07 Å². The lowest BCUT2D eigenvalue weighted by Crippen LogP contribution is -2.13. The van der Waals surface area contributed by atoms with Crippen LogP contribution in [0.4, 0.5) is 8.78 Å². The van der Waals surface area contributed by atoms with E-state index >= 15 is 0 Å². The number of esters is 1. The highest BCUT2D eigenvalue weighted by molar-refractivity contribution is 5.73. The van der Waals surface area contributed by atoms with Crippen molar-refractivity contribution in [1.82, 2.24) is 4.98 Å². The molecular formula is C12H16F2N2O2. The summed E-state index contributed by atoms with van der Waals surface area (Å²) in [5.41, 5.74) is 6.33. The third kappa shape index (κ3) is 3.46. The Bertz CT molecular complexity index is 436. The van der Waals surface area contributed by atoms with Gasteiger partial charge in [0.2, 0.25) is 0 Å². The summed E-state index contributed by atoms with van der Waals surface area (Å²) in [6.07, 6.45) is -2.94. The summed E-state index contributed by atoms with van der Waals surface area (Å²) in [5, 5.41) is 0. The number of halogens is 2. The zero-order valence-electron chi connectivity index (χ0n) is 10.4. The summed E-state index contributed by atoms with van der Waals surface area (Å²) in [5.74, 6) is -0.541. The Morgan fingerprint density at radius 1 is 1.56 bits per heavy atom. The van der Waals surface area contributed by atoms with E-state index in [-0.39, 0.29) is 25.1 Å². The SMILES string of the molecule is CCOC(=O)Cc1cc(C)c(CN)nc1C(F)F. The molecule has 18 heavy (non-hydrogen) atoms. The number of ether oxygens (including phenoxy) is 1. The van der Waals surface area contributed by atoms with Gasteiger partial charge in [0.1, 0.15) is 5.69 Å². The van der Waals surface area contributed by atoms with Crippen LogP contribution in [0.5, 0.6) is 0 Å². The number of aromatic nitrogens is 1. The molecule has 4 nitrogen and oxygen atoms in total. The minimum atomic E-state index is -2.74. The summed E-state index contributed by atoms with van der Waals surface area (Å²) >= 11 is 0. The van der Waals surface area contributed by atoms with Gasteiger partial charge in [-0.05, 0) is 25.0 Å². The number of aryl methyl sites for hydroxylation is 1. The van der Waals surface area contributed by atoms with Crippen molar-refractivity contribution in [2.45, 2.75) is 33.2 Å². The number of carbonyl (C=O) groups excluding carboxylic acids is 1. The van der Waals surface area contributed by atoms with Gasteiger partial charge >= 0.3 is 5.97 Å². The van der Waals surface area contributed by atoms with Crippen molar-refractivity contribution in [3.05, 3.63) is 28.6 Å². The minimum Gasteiger partial charge on any atom is -0.466 e. The van der Waals surface area contributed by atoms with Gasteiger partial charge in [-0.15, -0.1) is 0 Å². The number of hydrogen-bond donors (Lipinski definition) is 1. The van der Waals surface area contributed by atoms with Crippen LogP contribution in [-0.4, -0.2) is 17.6 Å². The molecule has 0 fully saturated rings. The zero-order chi connectivity index (χ0) is 13.7. The summed E-state index contributed by atoms with van der Waals surface area (Å²) in [7, 11) is 0. The maximum atomic E-state index is 12.9. The number of rotatable bonds is 5. The molecule has 0 saturated carbocycles. The number of pyridine rings is 1. The summed E-state index contributed by atoms with van der Waals surface area (Å²) in [4.78, 5) is 15.2. The lowest BCUT2D eigenvalue weighted by molar-refractivity contribution is -0.142. The predicted molar refractivity (Wildman–Crippen MR) is 62.2 cm³/mol. The van der Waals surface area contributed by atoms with Gasteiger partial charge in [0.05, 0.1) is 18.7 Å². The first-order chi connectivity index (χ1) is 8.49. The maximum absolute atomic E-state index is 12.9. The van der Waals surface area contributed by atoms with E-state index in [9.17, 15) is 13.6 Å². The van der Waals surface area contributed by atoms with E-state index in [1.807, 2.05) is 0 Å². The van der Waals surface area contributed by atoms with Gasteiger partial charge in [-0.2, -0.15) is 0 Å². The standard InChI is InChI=1S/C12H16F2N2O2/c1-3-18-10(17)5-8-4-7(2)9(6-15)16-11(8)12(13)14/h4,12H,3,5-6,15H2,1-2H3. The molecule has 1 aromatic heterocycles. The lowest BCUT2D eigenvalue weighted by Gasteiger charge is -2.12. The highest BCUT2D eigenvalue weighted by Crippen LogP contribution is 2.23. The maximum Gasteiger partial charge on any atom is 0.310 e. The molecule has 0 unspecified atom stereocenters. The largest absolute Gasteiger partial charge is 0.466 e. The monoisotopic (exact) mass is 258 g/mol. The molecule has 0 aliphatic carbocycles. The molecule has 0 spiro atoms. The van der Waals surface area contributed by atoms with Crippen molar-refractivity contribution in [2.75, 3.05) is 6.61 Å². The van der Waals surface area contributed by atoms with Crippen LogP contribution >= 0.6 is 0 Å². The van der Waals surface area contributed by atoms with E-state index < -0.39 is 18.1 Å². The van der Waals surface area contributed by atoms with Gasteiger partial charge < -0.3 is 10.5 Å². The van der Waals surface area contributed by atoms with Crippen LogP contribution in [0.2, 0.25) is 0 Å². The fourth-order valence-corrected chi connectivity index (χ4v) is 1.63. The Kier molecular flexibility index (Phi) is 5.15. The minimum absolute atomic E-state index is 0.0885. The smallest absolute Gasteiger partial charge is 0.310 e. The van der Waals surface area contributed by atoms with Crippen molar-refractivity contribution >= 4 is 5.97 Å². The molecule has 0 radical (unpaired) electrons. The molecular weight excluding hydrogens is 242 g/mol. The molecule has 0 aliphatic heterocycles. The average molecular weight is 258 g/mol. The fraction of sp³-hybridized carbons (Fsp3) is 0.500. The zero-order valence-corrected chi connectivity index (χ0v) is 10.4. The van der Waals surface area contributed by atoms with E-state index in [1.54, 1.807) is 13.8 Å². The first-order valence-corrected chi connectivity index (χ1v) is 5.62. The van der Waals surface area contributed by atoms with Crippen LogP contribution in [0.25, 0.3) is 0 Å². The van der Waals surface area contributed by atoms with Crippen LogP contribution in [0.1, 0.15) is 35.9 Å². The molecule has 1 rings (SSSR count). The summed E-state index contributed by atoms with van der Waals surface area (Å²) in [6, 6.07) is 1.52. The third-order valence-electron chi connectivity index (χ3n) is 2.47. The molecule has 0 saturated heterocycles. The first-order valence-electron chi connectivity index (χ1n) is 5.62. The Morgan fingerprint density at radius 2 is 2.22 bits per heavy atom. The number of nitrogens with zero attached hydrogens (tertiary/aromatic N) is 1. The van der Waals surface area contributed by atoms with Crippen LogP contribution in [-0.2, 0) is 22.5 Å². The summed E-state index contributed by atoms with van der Waals surface area (Å²) < 4.78 is 30.5. The molecule has 0 aliphatic rings. The quantitative estimate of drug-likeness (QED) is 0.819. The summed E-state index contributed by atoms with van der Waals surface area (Å²) in [6.45, 7) is 3.69. The third-order valence-corrected chi connectivity index (χ3v) is 2.47. The fourth-order valence-electron chi connectivity index (χ4n) is 1.63. The van der Waals surface area contributed by atoms with Gasteiger partial charge in [-0.3, -0.25) is 4.79 Å². The molecule has 0 amide bonds. The topological polar surface area (TPSA) is 65.2 Å². The van der Waals surface area contributed by atoms with Gasteiger partial charge in [0, 0.05) is 6.54 Å². The molecule has 0 atom stereocenters. The first kappa shape index (κ1) is 14.5. The van der Waals surface area contributed by atoms with Gasteiger partial charge in [0.15, 0.2) is 0 Å². The van der Waals surface area contributed by atoms with Gasteiger partial charge in [0.25, 0.3) is 6.43 Å². The molecule has 0 bridgehead atoms. The average Bonchev–Trinajstić information content (AvgIpc) is 2.29. The van der Waals surface area contributed by atoms with Crippen molar-refractivity contribution in [3.8, 4) is 0 Å². The van der Waals surface area contributed by atoms with Crippen LogP contribution < -0.4 is 5.73 Å². The van der Waals surface area contributed by atoms with Crippen molar-refractivity contribution in [1.29, 1.82) is 0 Å². The molecule has 1 aromatic rings. The number of alkyl halides is 2. The van der Waals surface area contributed by atoms with Crippen molar-refractivity contribution in [3.63, 3.8) is 0 Å². The molecule has 2 N–H and O–H groups in total. The Labute approximate surface area is 104 Å².